The van der Waals surface area contributed by atoms with Crippen LogP contribution in [0.5, 0.6) is 0 Å². The van der Waals surface area contributed by atoms with E-state index in [1.807, 2.05) is 18.7 Å². The number of hydrogen-bond acceptors (Lipinski definition) is 2. The van der Waals surface area contributed by atoms with Crippen LogP contribution in [0.4, 0.5) is 5.69 Å². The standard InChI is InChI=1S/C14H20N2O/c1-5-15-12-11-8-7-9(3)10(4)13(11)16(6-2)14(12)17/h7-8,12,15H,5-6H2,1-4H3. The molecule has 0 saturated heterocycles. The van der Waals surface area contributed by atoms with Crippen LogP contribution in [-0.2, 0) is 4.79 Å². The molecule has 92 valence electrons. The van der Waals surface area contributed by atoms with Crippen molar-refractivity contribution in [3.05, 3.63) is 28.8 Å². The summed E-state index contributed by atoms with van der Waals surface area (Å²) >= 11 is 0. The minimum atomic E-state index is -0.158. The predicted octanol–water partition coefficient (Wildman–Crippen LogP) is 2.32. The quantitative estimate of drug-likeness (QED) is 0.867. The number of nitrogens with zero attached hydrogens (tertiary/aromatic N) is 1. The van der Waals surface area contributed by atoms with Crippen LogP contribution in [0, 0.1) is 13.8 Å². The lowest BCUT2D eigenvalue weighted by atomic mass is 10.0. The Bertz CT molecular complexity index is 454. The average molecular weight is 232 g/mol. The van der Waals surface area contributed by atoms with E-state index in [1.165, 1.54) is 11.1 Å². The normalized spacial score (nSPS) is 18.7. The molecule has 1 aromatic rings. The summed E-state index contributed by atoms with van der Waals surface area (Å²) in [7, 11) is 0. The first-order chi connectivity index (χ1) is 8.11. The molecular weight excluding hydrogens is 212 g/mol. The monoisotopic (exact) mass is 232 g/mol. The number of amides is 1. The summed E-state index contributed by atoms with van der Waals surface area (Å²) in [4.78, 5) is 14.2. The summed E-state index contributed by atoms with van der Waals surface area (Å²) < 4.78 is 0. The average Bonchev–Trinajstić information content (AvgIpc) is 2.58. The Morgan fingerprint density at radius 1 is 1.29 bits per heavy atom. The summed E-state index contributed by atoms with van der Waals surface area (Å²) in [5.74, 6) is 0.179. The second-order valence-electron chi connectivity index (χ2n) is 4.52. The highest BCUT2D eigenvalue weighted by Gasteiger charge is 2.36. The van der Waals surface area contributed by atoms with E-state index in [1.54, 1.807) is 0 Å². The number of hydrogen-bond donors (Lipinski definition) is 1. The number of fused-ring (bicyclic) bond motifs is 1. The fraction of sp³-hybridized carbons (Fsp3) is 0.500. The van der Waals surface area contributed by atoms with E-state index in [0.29, 0.717) is 0 Å². The fourth-order valence-corrected chi connectivity index (χ4v) is 2.53. The van der Waals surface area contributed by atoms with Gasteiger partial charge < -0.3 is 10.2 Å². The maximum Gasteiger partial charge on any atom is 0.248 e. The fourth-order valence-electron chi connectivity index (χ4n) is 2.53. The van der Waals surface area contributed by atoms with E-state index in [9.17, 15) is 4.79 Å². The molecule has 0 aromatic heterocycles. The van der Waals surface area contributed by atoms with Crippen molar-refractivity contribution >= 4 is 11.6 Å². The smallest absolute Gasteiger partial charge is 0.248 e. The van der Waals surface area contributed by atoms with Gasteiger partial charge in [-0.15, -0.1) is 0 Å². The number of rotatable bonds is 3. The summed E-state index contributed by atoms with van der Waals surface area (Å²) in [5.41, 5.74) is 4.70. The van der Waals surface area contributed by atoms with Crippen molar-refractivity contribution in [3.8, 4) is 0 Å². The van der Waals surface area contributed by atoms with E-state index in [-0.39, 0.29) is 11.9 Å². The summed E-state index contributed by atoms with van der Waals surface area (Å²) in [6.45, 7) is 9.78. The maximum atomic E-state index is 12.3. The lowest BCUT2D eigenvalue weighted by Crippen LogP contribution is -2.34. The molecule has 0 bridgehead atoms. The molecule has 0 radical (unpaired) electrons. The molecular formula is C14H20N2O. The van der Waals surface area contributed by atoms with Gasteiger partial charge in [-0.25, -0.2) is 0 Å². The van der Waals surface area contributed by atoms with Crippen LogP contribution in [0.1, 0.15) is 36.6 Å². The molecule has 3 heteroatoms. The van der Waals surface area contributed by atoms with Crippen molar-refractivity contribution in [3.63, 3.8) is 0 Å². The molecule has 17 heavy (non-hydrogen) atoms. The van der Waals surface area contributed by atoms with Crippen LogP contribution in [0.2, 0.25) is 0 Å². The van der Waals surface area contributed by atoms with Crippen molar-refractivity contribution in [2.75, 3.05) is 18.0 Å². The molecule has 1 aliphatic heterocycles. The lowest BCUT2D eigenvalue weighted by Gasteiger charge is -2.18. The summed E-state index contributed by atoms with van der Waals surface area (Å²) in [6.07, 6.45) is 0. The number of nitrogens with one attached hydrogen (secondary N) is 1. The zero-order valence-electron chi connectivity index (χ0n) is 11.0. The zero-order chi connectivity index (χ0) is 12.6. The van der Waals surface area contributed by atoms with Crippen LogP contribution in [0.25, 0.3) is 0 Å². The molecule has 0 spiro atoms. The highest BCUT2D eigenvalue weighted by molar-refractivity contribution is 6.05. The topological polar surface area (TPSA) is 32.3 Å². The number of anilines is 1. The van der Waals surface area contributed by atoms with Gasteiger partial charge in [0, 0.05) is 12.1 Å². The Morgan fingerprint density at radius 3 is 2.59 bits per heavy atom. The van der Waals surface area contributed by atoms with Gasteiger partial charge in [-0.2, -0.15) is 0 Å². The SMILES string of the molecule is CCNC1C(=O)N(CC)c2c1ccc(C)c2C. The van der Waals surface area contributed by atoms with Gasteiger partial charge >= 0.3 is 0 Å². The largest absolute Gasteiger partial charge is 0.310 e. The lowest BCUT2D eigenvalue weighted by molar-refractivity contribution is -0.119. The number of carbonyl (C=O) groups is 1. The number of carbonyl (C=O) groups excluding carboxylic acids is 1. The molecule has 1 amide bonds. The molecule has 1 unspecified atom stereocenters. The third kappa shape index (κ3) is 1.75. The van der Waals surface area contributed by atoms with Crippen LogP contribution >= 0.6 is 0 Å². The van der Waals surface area contributed by atoms with E-state index in [2.05, 4.69) is 31.3 Å². The van der Waals surface area contributed by atoms with Crippen LogP contribution < -0.4 is 10.2 Å². The number of aryl methyl sites for hydroxylation is 1. The molecule has 1 N–H and O–H groups in total. The minimum absolute atomic E-state index is 0.158. The molecule has 2 rings (SSSR count). The van der Waals surface area contributed by atoms with Crippen molar-refractivity contribution in [1.82, 2.24) is 5.32 Å². The molecule has 0 fully saturated rings. The second kappa shape index (κ2) is 4.49. The minimum Gasteiger partial charge on any atom is -0.310 e. The maximum absolute atomic E-state index is 12.3. The molecule has 1 aliphatic rings. The Balaban J connectivity index is 2.56. The number of benzene rings is 1. The summed E-state index contributed by atoms with van der Waals surface area (Å²) in [5, 5.41) is 3.27. The van der Waals surface area contributed by atoms with Crippen LogP contribution in [-0.4, -0.2) is 19.0 Å². The second-order valence-corrected chi connectivity index (χ2v) is 4.52. The highest BCUT2D eigenvalue weighted by Crippen LogP contribution is 2.39. The van der Waals surface area contributed by atoms with Gasteiger partial charge in [-0.3, -0.25) is 4.79 Å². The highest BCUT2D eigenvalue weighted by atomic mass is 16.2. The first kappa shape index (κ1) is 12.1. The van der Waals surface area contributed by atoms with E-state index < -0.39 is 0 Å². The van der Waals surface area contributed by atoms with Gasteiger partial charge in [0.2, 0.25) is 5.91 Å². The molecule has 3 nitrogen and oxygen atoms in total. The van der Waals surface area contributed by atoms with Gasteiger partial charge in [-0.05, 0) is 38.4 Å². The Hall–Kier alpha value is -1.35. The molecule has 1 atom stereocenters. The Labute approximate surface area is 103 Å². The van der Waals surface area contributed by atoms with Gasteiger partial charge in [-0.1, -0.05) is 19.1 Å². The number of likely N-dealkylation sites (N-methyl/N-ethyl adjacent to an activating group) is 2. The first-order valence-electron chi connectivity index (χ1n) is 6.26. The Kier molecular flexibility index (Phi) is 3.20. The Morgan fingerprint density at radius 2 is 2.00 bits per heavy atom. The molecule has 1 heterocycles. The zero-order valence-corrected chi connectivity index (χ0v) is 11.0. The van der Waals surface area contributed by atoms with Crippen molar-refractivity contribution < 1.29 is 4.79 Å². The van der Waals surface area contributed by atoms with E-state index in [0.717, 1.165) is 24.3 Å². The predicted molar refractivity (Wildman–Crippen MR) is 70.4 cm³/mol. The van der Waals surface area contributed by atoms with Crippen molar-refractivity contribution in [1.29, 1.82) is 0 Å². The van der Waals surface area contributed by atoms with Gasteiger partial charge in [0.05, 0.1) is 5.69 Å². The van der Waals surface area contributed by atoms with Crippen LogP contribution in [0.3, 0.4) is 0 Å². The van der Waals surface area contributed by atoms with Gasteiger partial charge in [0.1, 0.15) is 6.04 Å². The molecule has 0 saturated carbocycles. The first-order valence-corrected chi connectivity index (χ1v) is 6.26. The van der Waals surface area contributed by atoms with Crippen molar-refractivity contribution in [2.24, 2.45) is 0 Å². The molecule has 1 aromatic carbocycles. The van der Waals surface area contributed by atoms with Gasteiger partial charge in [0.15, 0.2) is 0 Å². The third-order valence-corrected chi connectivity index (χ3v) is 3.55. The van der Waals surface area contributed by atoms with Gasteiger partial charge in [0.25, 0.3) is 0 Å². The summed E-state index contributed by atoms with van der Waals surface area (Å²) in [6, 6.07) is 4.03. The molecule has 0 aliphatic carbocycles. The van der Waals surface area contributed by atoms with E-state index >= 15 is 0 Å². The van der Waals surface area contributed by atoms with Crippen molar-refractivity contribution in [2.45, 2.75) is 33.7 Å². The van der Waals surface area contributed by atoms with E-state index in [4.69, 9.17) is 0 Å². The third-order valence-electron chi connectivity index (χ3n) is 3.55. The van der Waals surface area contributed by atoms with Crippen LogP contribution in [0.15, 0.2) is 12.1 Å².